The first-order valence-corrected chi connectivity index (χ1v) is 5.21. The summed E-state index contributed by atoms with van der Waals surface area (Å²) in [4.78, 5) is 0. The molecule has 0 aromatic rings. The molecule has 0 atom stereocenters. The molecule has 1 aliphatic heterocycles. The minimum absolute atomic E-state index is 0.365. The number of quaternary nitrogens is 1. The summed E-state index contributed by atoms with van der Waals surface area (Å²) in [7, 11) is 2.37. The zero-order chi connectivity index (χ0) is 8.86. The van der Waals surface area contributed by atoms with E-state index in [1.54, 1.807) is 0 Å². The smallest absolute Gasteiger partial charge is 0.0786 e. The molecule has 0 amide bonds. The Morgan fingerprint density at radius 3 is 2.33 bits per heavy atom. The molecule has 0 bridgehead atoms. The fourth-order valence-electron chi connectivity index (χ4n) is 2.10. The average Bonchev–Trinajstić information content (AvgIpc) is 2.47. The number of hydrogen-bond acceptors (Lipinski definition) is 1. The predicted octanol–water partition coefficient (Wildman–Crippen LogP) is 1.39. The molecule has 2 heteroatoms. The highest BCUT2D eigenvalue weighted by Crippen LogP contribution is 2.17. The monoisotopic (exact) mass is 172 g/mol. The lowest BCUT2D eigenvalue weighted by atomic mass is 10.2. The van der Waals surface area contributed by atoms with Gasteiger partial charge in [0.05, 0.1) is 26.7 Å². The molecule has 2 nitrogen and oxygen atoms in total. The molecular weight excluding hydrogens is 150 g/mol. The van der Waals surface area contributed by atoms with Gasteiger partial charge in [0.2, 0.25) is 0 Å². The maximum atomic E-state index is 8.62. The van der Waals surface area contributed by atoms with Gasteiger partial charge in [-0.3, -0.25) is 0 Å². The Morgan fingerprint density at radius 1 is 1.08 bits per heavy atom. The molecule has 1 fully saturated rings. The molecule has 0 aromatic heterocycles. The van der Waals surface area contributed by atoms with Crippen molar-refractivity contribution in [3.05, 3.63) is 0 Å². The summed E-state index contributed by atoms with van der Waals surface area (Å²) in [6.07, 6.45) is 6.30. The van der Waals surface area contributed by atoms with Crippen LogP contribution >= 0.6 is 0 Å². The second-order valence-corrected chi connectivity index (χ2v) is 4.28. The first kappa shape index (κ1) is 10.0. The molecule has 0 radical (unpaired) electrons. The van der Waals surface area contributed by atoms with Gasteiger partial charge in [-0.1, -0.05) is 0 Å². The van der Waals surface area contributed by atoms with Crippen LogP contribution in [0.2, 0.25) is 0 Å². The van der Waals surface area contributed by atoms with E-state index in [9.17, 15) is 0 Å². The van der Waals surface area contributed by atoms with E-state index >= 15 is 0 Å². The Kier molecular flexibility index (Phi) is 4.02. The Hall–Kier alpha value is -0.0800. The molecule has 0 spiro atoms. The Balaban J connectivity index is 2.05. The molecule has 12 heavy (non-hydrogen) atoms. The van der Waals surface area contributed by atoms with Gasteiger partial charge < -0.3 is 9.59 Å². The van der Waals surface area contributed by atoms with Crippen LogP contribution in [-0.4, -0.2) is 42.9 Å². The summed E-state index contributed by atoms with van der Waals surface area (Å²) in [6, 6.07) is 0. The van der Waals surface area contributed by atoms with Gasteiger partial charge in [0.25, 0.3) is 0 Å². The van der Waals surface area contributed by atoms with Crippen molar-refractivity contribution >= 4 is 0 Å². The normalized spacial score (nSPS) is 21.5. The maximum Gasteiger partial charge on any atom is 0.0786 e. The van der Waals surface area contributed by atoms with Crippen LogP contribution in [0.15, 0.2) is 0 Å². The van der Waals surface area contributed by atoms with Gasteiger partial charge in [0, 0.05) is 19.4 Å². The van der Waals surface area contributed by atoms with Gasteiger partial charge >= 0.3 is 0 Å². The van der Waals surface area contributed by atoms with Gasteiger partial charge in [-0.15, -0.1) is 0 Å². The molecule has 0 saturated carbocycles. The maximum absolute atomic E-state index is 8.62. The lowest BCUT2D eigenvalue weighted by Gasteiger charge is -2.29. The average molecular weight is 172 g/mol. The number of aliphatic hydroxyl groups is 1. The quantitative estimate of drug-likeness (QED) is 0.491. The fraction of sp³-hybridized carbons (Fsp3) is 1.00. The topological polar surface area (TPSA) is 20.2 Å². The minimum Gasteiger partial charge on any atom is -0.396 e. The van der Waals surface area contributed by atoms with E-state index in [1.807, 2.05) is 0 Å². The fourth-order valence-corrected chi connectivity index (χ4v) is 2.10. The molecular formula is C10H22NO+. The van der Waals surface area contributed by atoms with E-state index in [0.29, 0.717) is 6.61 Å². The van der Waals surface area contributed by atoms with Gasteiger partial charge in [0.15, 0.2) is 0 Å². The summed E-state index contributed by atoms with van der Waals surface area (Å²) in [5.74, 6) is 0. The highest BCUT2D eigenvalue weighted by molar-refractivity contribution is 4.52. The molecule has 0 aromatic carbocycles. The summed E-state index contributed by atoms with van der Waals surface area (Å²) in [5.41, 5.74) is 0. The van der Waals surface area contributed by atoms with Crippen molar-refractivity contribution in [2.24, 2.45) is 0 Å². The van der Waals surface area contributed by atoms with Crippen molar-refractivity contribution < 1.29 is 9.59 Å². The summed E-state index contributed by atoms with van der Waals surface area (Å²) < 4.78 is 1.28. The van der Waals surface area contributed by atoms with Crippen molar-refractivity contribution in [3.8, 4) is 0 Å². The highest BCUT2D eigenvalue weighted by atomic mass is 16.2. The molecule has 0 aliphatic carbocycles. The Morgan fingerprint density at radius 2 is 1.75 bits per heavy atom. The highest BCUT2D eigenvalue weighted by Gasteiger charge is 2.25. The van der Waals surface area contributed by atoms with Crippen LogP contribution in [0.25, 0.3) is 0 Å². The van der Waals surface area contributed by atoms with Crippen molar-refractivity contribution in [2.75, 3.05) is 33.3 Å². The van der Waals surface area contributed by atoms with Crippen LogP contribution in [0.4, 0.5) is 0 Å². The second-order valence-electron chi connectivity index (χ2n) is 4.28. The van der Waals surface area contributed by atoms with Crippen LogP contribution in [0, 0.1) is 0 Å². The number of nitrogens with zero attached hydrogens (tertiary/aromatic N) is 1. The number of rotatable bonds is 5. The standard InChI is InChI=1S/C10H22NO/c1-11(8-4-5-9-11)7-3-2-6-10-12/h12H,2-10H2,1H3/q+1. The van der Waals surface area contributed by atoms with Gasteiger partial charge in [-0.2, -0.15) is 0 Å². The molecule has 1 aliphatic rings. The van der Waals surface area contributed by atoms with Crippen LogP contribution < -0.4 is 0 Å². The van der Waals surface area contributed by atoms with E-state index in [-0.39, 0.29) is 0 Å². The lowest BCUT2D eigenvalue weighted by molar-refractivity contribution is -0.897. The largest absolute Gasteiger partial charge is 0.396 e. The summed E-state index contributed by atoms with van der Waals surface area (Å²) in [6.45, 7) is 4.43. The van der Waals surface area contributed by atoms with Crippen LogP contribution in [0.3, 0.4) is 0 Å². The number of hydrogen-bond donors (Lipinski definition) is 1. The van der Waals surface area contributed by atoms with E-state index < -0.39 is 0 Å². The summed E-state index contributed by atoms with van der Waals surface area (Å²) in [5, 5.41) is 8.62. The van der Waals surface area contributed by atoms with Crippen LogP contribution in [0.5, 0.6) is 0 Å². The Labute approximate surface area is 75.8 Å². The first-order valence-electron chi connectivity index (χ1n) is 5.21. The number of aliphatic hydroxyl groups excluding tert-OH is 1. The molecule has 1 N–H and O–H groups in total. The minimum atomic E-state index is 0.365. The second kappa shape index (κ2) is 4.83. The third kappa shape index (κ3) is 3.11. The van der Waals surface area contributed by atoms with Crippen LogP contribution in [0.1, 0.15) is 32.1 Å². The molecule has 1 saturated heterocycles. The van der Waals surface area contributed by atoms with Crippen molar-refractivity contribution in [3.63, 3.8) is 0 Å². The third-order valence-electron chi connectivity index (χ3n) is 3.00. The van der Waals surface area contributed by atoms with Gasteiger partial charge in [0.1, 0.15) is 0 Å². The zero-order valence-electron chi connectivity index (χ0n) is 8.26. The third-order valence-corrected chi connectivity index (χ3v) is 3.00. The lowest BCUT2D eigenvalue weighted by Crippen LogP contribution is -2.41. The van der Waals surface area contributed by atoms with Crippen LogP contribution in [-0.2, 0) is 0 Å². The van der Waals surface area contributed by atoms with Crippen molar-refractivity contribution in [1.82, 2.24) is 0 Å². The zero-order valence-corrected chi connectivity index (χ0v) is 8.26. The molecule has 1 heterocycles. The molecule has 1 rings (SSSR count). The van der Waals surface area contributed by atoms with Crippen molar-refractivity contribution in [2.45, 2.75) is 32.1 Å². The Bertz CT molecular complexity index is 119. The number of likely N-dealkylation sites (tertiary alicyclic amines) is 1. The first-order chi connectivity index (χ1) is 5.77. The van der Waals surface area contributed by atoms with E-state index in [1.165, 1.54) is 49.8 Å². The van der Waals surface area contributed by atoms with Gasteiger partial charge in [-0.25, -0.2) is 0 Å². The predicted molar refractivity (Wildman–Crippen MR) is 51.0 cm³/mol. The molecule has 0 unspecified atom stereocenters. The van der Waals surface area contributed by atoms with Gasteiger partial charge in [-0.05, 0) is 19.3 Å². The van der Waals surface area contributed by atoms with Crippen molar-refractivity contribution in [1.29, 1.82) is 0 Å². The SMILES string of the molecule is C[N+]1(CCCCCO)CCCC1. The number of unbranched alkanes of at least 4 members (excludes halogenated alkanes) is 2. The summed E-state index contributed by atoms with van der Waals surface area (Å²) >= 11 is 0. The van der Waals surface area contributed by atoms with E-state index in [4.69, 9.17) is 5.11 Å². The molecule has 72 valence electrons. The van der Waals surface area contributed by atoms with E-state index in [0.717, 1.165) is 6.42 Å². The van der Waals surface area contributed by atoms with E-state index in [2.05, 4.69) is 7.05 Å².